The van der Waals surface area contributed by atoms with E-state index in [2.05, 4.69) is 22.0 Å². The Hall–Kier alpha value is -2.35. The van der Waals surface area contributed by atoms with Crippen LogP contribution in [0.4, 0.5) is 19.0 Å². The molecule has 1 aromatic carbocycles. The highest BCUT2D eigenvalue weighted by molar-refractivity contribution is 6.28. The van der Waals surface area contributed by atoms with Gasteiger partial charge >= 0.3 is 0 Å². The van der Waals surface area contributed by atoms with Gasteiger partial charge in [-0.05, 0) is 30.4 Å². The minimum atomic E-state index is -0.999. The van der Waals surface area contributed by atoms with Gasteiger partial charge in [0, 0.05) is 37.0 Å². The molecule has 1 aliphatic rings. The van der Waals surface area contributed by atoms with Crippen molar-refractivity contribution < 1.29 is 13.2 Å². The Kier molecular flexibility index (Phi) is 4.22. The van der Waals surface area contributed by atoms with Crippen molar-refractivity contribution in [1.29, 1.82) is 0 Å². The van der Waals surface area contributed by atoms with Crippen LogP contribution in [0.3, 0.4) is 0 Å². The molecule has 1 aliphatic heterocycles. The fraction of sp³-hybridized carbons (Fsp3) is 0.353. The number of rotatable bonds is 2. The van der Waals surface area contributed by atoms with Crippen LogP contribution in [0.5, 0.6) is 0 Å². The van der Waals surface area contributed by atoms with Crippen LogP contribution in [-0.4, -0.2) is 32.7 Å². The van der Waals surface area contributed by atoms with E-state index in [-0.39, 0.29) is 22.2 Å². The van der Waals surface area contributed by atoms with Crippen molar-refractivity contribution in [2.75, 3.05) is 18.0 Å². The van der Waals surface area contributed by atoms with Gasteiger partial charge in [0.05, 0.1) is 5.56 Å². The molecule has 26 heavy (non-hydrogen) atoms. The van der Waals surface area contributed by atoms with E-state index in [4.69, 9.17) is 11.6 Å². The van der Waals surface area contributed by atoms with Gasteiger partial charge in [-0.2, -0.15) is 9.50 Å². The number of hydrogen-bond acceptors (Lipinski definition) is 4. The molecule has 0 atom stereocenters. The average Bonchev–Trinajstić information content (AvgIpc) is 2.95. The van der Waals surface area contributed by atoms with Gasteiger partial charge in [-0.3, -0.25) is 0 Å². The molecule has 0 N–H and O–H groups in total. The van der Waals surface area contributed by atoms with E-state index in [0.29, 0.717) is 37.0 Å². The predicted molar refractivity (Wildman–Crippen MR) is 91.7 cm³/mol. The lowest BCUT2D eigenvalue weighted by atomic mass is 9.98. The SMILES string of the molecule is CC1CCN(c2c(-c3c(F)cc(F)cc3F)cnc3nc(Cl)nn23)CC1. The zero-order chi connectivity index (χ0) is 18.4. The van der Waals surface area contributed by atoms with Crippen molar-refractivity contribution in [3.63, 3.8) is 0 Å². The molecular formula is C17H15ClF3N5. The summed E-state index contributed by atoms with van der Waals surface area (Å²) in [5.74, 6) is -1.73. The lowest BCUT2D eigenvalue weighted by Gasteiger charge is -2.33. The molecule has 5 nitrogen and oxygen atoms in total. The summed E-state index contributed by atoms with van der Waals surface area (Å²) in [5, 5.41) is 4.11. The van der Waals surface area contributed by atoms with Gasteiger partial charge in [0.1, 0.15) is 23.3 Å². The van der Waals surface area contributed by atoms with E-state index in [9.17, 15) is 13.2 Å². The average molecular weight is 382 g/mol. The molecule has 3 aromatic rings. The lowest BCUT2D eigenvalue weighted by molar-refractivity contribution is 0.435. The van der Waals surface area contributed by atoms with Gasteiger partial charge in [-0.1, -0.05) is 6.92 Å². The van der Waals surface area contributed by atoms with Crippen molar-refractivity contribution in [1.82, 2.24) is 19.6 Å². The molecule has 0 amide bonds. The van der Waals surface area contributed by atoms with Crippen molar-refractivity contribution in [2.24, 2.45) is 5.92 Å². The van der Waals surface area contributed by atoms with Crippen molar-refractivity contribution in [3.8, 4) is 11.1 Å². The Labute approximate surface area is 152 Å². The van der Waals surface area contributed by atoms with Crippen LogP contribution < -0.4 is 4.90 Å². The van der Waals surface area contributed by atoms with E-state index in [0.717, 1.165) is 12.8 Å². The summed E-state index contributed by atoms with van der Waals surface area (Å²) in [6, 6.07) is 1.30. The Morgan fingerprint density at radius 3 is 2.42 bits per heavy atom. The fourth-order valence-corrected chi connectivity index (χ4v) is 3.45. The summed E-state index contributed by atoms with van der Waals surface area (Å²) in [7, 11) is 0. The zero-order valence-electron chi connectivity index (χ0n) is 13.9. The normalized spacial score (nSPS) is 15.8. The van der Waals surface area contributed by atoms with Crippen LogP contribution in [0.25, 0.3) is 16.9 Å². The van der Waals surface area contributed by atoms with Gasteiger partial charge < -0.3 is 4.90 Å². The molecule has 0 spiro atoms. The molecule has 3 heterocycles. The summed E-state index contributed by atoms with van der Waals surface area (Å²) in [4.78, 5) is 10.1. The molecule has 4 rings (SSSR count). The Morgan fingerprint density at radius 2 is 1.77 bits per heavy atom. The molecule has 0 radical (unpaired) electrons. The van der Waals surface area contributed by atoms with E-state index in [1.165, 1.54) is 10.7 Å². The van der Waals surface area contributed by atoms with Gasteiger partial charge in [-0.25, -0.2) is 18.2 Å². The van der Waals surface area contributed by atoms with Crippen LogP contribution in [0.15, 0.2) is 18.3 Å². The third-order valence-electron chi connectivity index (χ3n) is 4.67. The fourth-order valence-electron chi connectivity index (χ4n) is 3.30. The van der Waals surface area contributed by atoms with Crippen LogP contribution in [0.1, 0.15) is 19.8 Å². The number of anilines is 1. The molecule has 0 saturated carbocycles. The van der Waals surface area contributed by atoms with E-state index < -0.39 is 17.5 Å². The largest absolute Gasteiger partial charge is 0.356 e. The second-order valence-electron chi connectivity index (χ2n) is 6.50. The maximum Gasteiger partial charge on any atom is 0.255 e. The molecule has 0 aliphatic carbocycles. The molecule has 1 saturated heterocycles. The molecule has 9 heteroatoms. The molecule has 0 bridgehead atoms. The van der Waals surface area contributed by atoms with Crippen molar-refractivity contribution >= 4 is 23.2 Å². The summed E-state index contributed by atoms with van der Waals surface area (Å²) < 4.78 is 43.5. The number of benzene rings is 1. The minimum absolute atomic E-state index is 0.0127. The first kappa shape index (κ1) is 17.1. The maximum absolute atomic E-state index is 14.4. The number of piperidine rings is 1. The molecule has 1 fully saturated rings. The third kappa shape index (κ3) is 2.88. The standard InChI is InChI=1S/C17H15ClF3N5/c1-9-2-4-25(5-3-9)15-11(8-22-17-23-16(18)24-26(15)17)14-12(20)6-10(19)7-13(14)21/h6-9H,2-5H2,1H3. The van der Waals surface area contributed by atoms with E-state index >= 15 is 0 Å². The number of hydrogen-bond donors (Lipinski definition) is 0. The summed E-state index contributed by atoms with van der Waals surface area (Å²) in [6.45, 7) is 3.54. The topological polar surface area (TPSA) is 46.3 Å². The van der Waals surface area contributed by atoms with Crippen LogP contribution >= 0.6 is 11.6 Å². The lowest BCUT2D eigenvalue weighted by Crippen LogP contribution is -2.34. The smallest absolute Gasteiger partial charge is 0.255 e. The Balaban J connectivity index is 1.96. The van der Waals surface area contributed by atoms with Gasteiger partial charge in [-0.15, -0.1) is 5.10 Å². The zero-order valence-corrected chi connectivity index (χ0v) is 14.6. The quantitative estimate of drug-likeness (QED) is 0.670. The highest BCUT2D eigenvalue weighted by Gasteiger charge is 2.26. The summed E-state index contributed by atoms with van der Waals surface area (Å²) in [6.07, 6.45) is 3.19. The number of aromatic nitrogens is 4. The van der Waals surface area contributed by atoms with E-state index in [1.807, 2.05) is 4.90 Å². The predicted octanol–water partition coefficient (Wildman–Crippen LogP) is 4.10. The highest BCUT2D eigenvalue weighted by Crippen LogP contribution is 2.36. The van der Waals surface area contributed by atoms with Crippen LogP contribution in [0.2, 0.25) is 5.28 Å². The monoisotopic (exact) mass is 381 g/mol. The van der Waals surface area contributed by atoms with Gasteiger partial charge in [0.15, 0.2) is 0 Å². The first-order chi connectivity index (χ1) is 12.4. The highest BCUT2D eigenvalue weighted by atomic mass is 35.5. The molecular weight excluding hydrogens is 367 g/mol. The first-order valence-corrected chi connectivity index (χ1v) is 8.63. The minimum Gasteiger partial charge on any atom is -0.356 e. The number of nitrogens with zero attached hydrogens (tertiary/aromatic N) is 5. The number of halogens is 4. The Morgan fingerprint density at radius 1 is 1.12 bits per heavy atom. The number of fused-ring (bicyclic) bond motifs is 1. The van der Waals surface area contributed by atoms with Crippen molar-refractivity contribution in [3.05, 3.63) is 41.1 Å². The molecule has 136 valence electrons. The van der Waals surface area contributed by atoms with Gasteiger partial charge in [0.2, 0.25) is 5.28 Å². The Bertz CT molecular complexity index is 959. The summed E-state index contributed by atoms with van der Waals surface area (Å²) >= 11 is 5.90. The molecule has 2 aromatic heterocycles. The summed E-state index contributed by atoms with van der Waals surface area (Å²) in [5.41, 5.74) is -0.162. The van der Waals surface area contributed by atoms with Crippen molar-refractivity contribution in [2.45, 2.75) is 19.8 Å². The van der Waals surface area contributed by atoms with Gasteiger partial charge in [0.25, 0.3) is 5.78 Å². The maximum atomic E-state index is 14.4. The van der Waals surface area contributed by atoms with Crippen LogP contribution in [-0.2, 0) is 0 Å². The second-order valence-corrected chi connectivity index (χ2v) is 6.84. The van der Waals surface area contributed by atoms with E-state index in [1.54, 1.807) is 0 Å². The third-order valence-corrected chi connectivity index (χ3v) is 4.83. The second kappa shape index (κ2) is 6.42. The first-order valence-electron chi connectivity index (χ1n) is 8.25. The van der Waals surface area contributed by atoms with Crippen LogP contribution in [0, 0.1) is 23.4 Å². The molecule has 0 unspecified atom stereocenters.